The molecular formula is C12H14BrFN2O4. The van der Waals surface area contributed by atoms with E-state index in [0.717, 1.165) is 12.1 Å². The summed E-state index contributed by atoms with van der Waals surface area (Å²) in [5.74, 6) is -1.51. The van der Waals surface area contributed by atoms with E-state index in [1.165, 1.54) is 0 Å². The number of rotatable bonds is 4. The van der Waals surface area contributed by atoms with Gasteiger partial charge in [0.05, 0.1) is 17.2 Å². The van der Waals surface area contributed by atoms with Crippen molar-refractivity contribution in [3.8, 4) is 0 Å². The Bertz CT molecular complexity index is 538. The van der Waals surface area contributed by atoms with Crippen LogP contribution in [0.5, 0.6) is 0 Å². The minimum absolute atomic E-state index is 0.157. The first-order chi connectivity index (χ1) is 9.28. The maximum Gasteiger partial charge on any atom is 0.306 e. The largest absolute Gasteiger partial charge is 0.381 e. The molecule has 0 bridgehead atoms. The van der Waals surface area contributed by atoms with Gasteiger partial charge in [0.1, 0.15) is 6.10 Å². The molecule has 0 amide bonds. The molecule has 6 nitrogen and oxygen atoms in total. The van der Waals surface area contributed by atoms with Gasteiger partial charge in [-0.2, -0.15) is 4.39 Å². The second-order valence-electron chi connectivity index (χ2n) is 4.87. The van der Waals surface area contributed by atoms with Crippen LogP contribution in [0.1, 0.15) is 13.8 Å². The summed E-state index contributed by atoms with van der Waals surface area (Å²) in [7, 11) is 0. The van der Waals surface area contributed by atoms with E-state index in [2.05, 4.69) is 21.2 Å². The van der Waals surface area contributed by atoms with Crippen molar-refractivity contribution in [3.05, 3.63) is 32.5 Å². The molecule has 1 heterocycles. The highest BCUT2D eigenvalue weighted by molar-refractivity contribution is 9.10. The summed E-state index contributed by atoms with van der Waals surface area (Å²) in [6, 6.07) is 2.22. The molecule has 0 aliphatic carbocycles. The second kappa shape index (κ2) is 5.63. The van der Waals surface area contributed by atoms with Crippen molar-refractivity contribution in [2.24, 2.45) is 0 Å². The molecule has 0 aromatic heterocycles. The molecule has 110 valence electrons. The van der Waals surface area contributed by atoms with E-state index in [1.807, 2.05) is 13.8 Å². The van der Waals surface area contributed by atoms with Gasteiger partial charge in [0.25, 0.3) is 0 Å². The summed E-state index contributed by atoms with van der Waals surface area (Å²) in [6.45, 7) is 4.48. The zero-order chi connectivity index (χ0) is 14.9. The van der Waals surface area contributed by atoms with Crippen LogP contribution in [0, 0.1) is 15.9 Å². The highest BCUT2D eigenvalue weighted by atomic mass is 79.9. The lowest BCUT2D eigenvalue weighted by atomic mass is 10.2. The molecule has 8 heteroatoms. The number of anilines is 1. The molecule has 1 aromatic rings. The lowest BCUT2D eigenvalue weighted by Gasteiger charge is -2.17. The number of halogens is 2. The van der Waals surface area contributed by atoms with Crippen molar-refractivity contribution in [1.82, 2.24) is 0 Å². The lowest BCUT2D eigenvalue weighted by Crippen LogP contribution is -2.26. The number of nitro benzene ring substituents is 1. The maximum atomic E-state index is 13.5. The Hall–Kier alpha value is -1.25. The standard InChI is InChI=1S/C12H14BrFN2O4/c1-12(2)19-6-7(20-12)5-15-10-4-9(14)11(16(17)18)3-8(10)13/h3-4,7,15H,5-6H2,1-2H3. The van der Waals surface area contributed by atoms with Crippen LogP contribution in [0.4, 0.5) is 15.8 Å². The average molecular weight is 349 g/mol. The zero-order valence-electron chi connectivity index (χ0n) is 11.0. The Kier molecular flexibility index (Phi) is 4.26. The van der Waals surface area contributed by atoms with E-state index in [-0.39, 0.29) is 6.10 Å². The minimum atomic E-state index is -0.885. The van der Waals surface area contributed by atoms with Gasteiger partial charge in [-0.15, -0.1) is 0 Å². The first-order valence-corrected chi connectivity index (χ1v) is 6.77. The molecule has 0 saturated carbocycles. The van der Waals surface area contributed by atoms with Crippen LogP contribution in [0.3, 0.4) is 0 Å². The zero-order valence-corrected chi connectivity index (χ0v) is 12.6. The van der Waals surface area contributed by atoms with Gasteiger partial charge in [-0.25, -0.2) is 0 Å². The Morgan fingerprint density at radius 2 is 2.30 bits per heavy atom. The number of nitro groups is 1. The quantitative estimate of drug-likeness (QED) is 0.668. The molecule has 1 atom stereocenters. The highest BCUT2D eigenvalue weighted by Crippen LogP contribution is 2.30. The maximum absolute atomic E-state index is 13.5. The fraction of sp³-hybridized carbons (Fsp3) is 0.500. The molecule has 1 aliphatic rings. The van der Waals surface area contributed by atoms with Gasteiger partial charge < -0.3 is 14.8 Å². The molecule has 1 aromatic carbocycles. The first-order valence-electron chi connectivity index (χ1n) is 5.97. The molecule has 1 N–H and O–H groups in total. The number of hydrogen-bond donors (Lipinski definition) is 1. The molecule has 0 radical (unpaired) electrons. The predicted molar refractivity (Wildman–Crippen MR) is 74.1 cm³/mol. The molecule has 1 fully saturated rings. The summed E-state index contributed by atoms with van der Waals surface area (Å²) >= 11 is 3.18. The van der Waals surface area contributed by atoms with Crippen molar-refractivity contribution >= 4 is 27.3 Å². The van der Waals surface area contributed by atoms with Crippen molar-refractivity contribution in [3.63, 3.8) is 0 Å². The topological polar surface area (TPSA) is 73.6 Å². The molecular weight excluding hydrogens is 335 g/mol. The number of benzene rings is 1. The summed E-state index contributed by atoms with van der Waals surface area (Å²) in [5.41, 5.74) is -0.134. The molecule has 1 saturated heterocycles. The van der Waals surface area contributed by atoms with Crippen LogP contribution in [-0.4, -0.2) is 30.0 Å². The summed E-state index contributed by atoms with van der Waals surface area (Å²) < 4.78 is 25.0. The lowest BCUT2D eigenvalue weighted by molar-refractivity contribution is -0.387. The van der Waals surface area contributed by atoms with E-state index >= 15 is 0 Å². The van der Waals surface area contributed by atoms with Crippen molar-refractivity contribution in [2.45, 2.75) is 25.7 Å². The van der Waals surface area contributed by atoms with Gasteiger partial charge in [0.2, 0.25) is 5.82 Å². The van der Waals surface area contributed by atoms with Crippen molar-refractivity contribution in [1.29, 1.82) is 0 Å². The molecule has 1 aliphatic heterocycles. The second-order valence-corrected chi connectivity index (χ2v) is 5.73. The highest BCUT2D eigenvalue weighted by Gasteiger charge is 2.32. The SMILES string of the molecule is CC1(C)OCC(CNc2cc(F)c([N+](=O)[O-])cc2Br)O1. The van der Waals surface area contributed by atoms with E-state index in [1.54, 1.807) is 0 Å². The fourth-order valence-electron chi connectivity index (χ4n) is 1.90. The summed E-state index contributed by atoms with van der Waals surface area (Å²) in [4.78, 5) is 9.85. The van der Waals surface area contributed by atoms with Crippen LogP contribution in [0.25, 0.3) is 0 Å². The third kappa shape index (κ3) is 3.44. The van der Waals surface area contributed by atoms with Crippen LogP contribution < -0.4 is 5.32 Å². The van der Waals surface area contributed by atoms with Gasteiger partial charge in [-0.05, 0) is 29.8 Å². The monoisotopic (exact) mass is 348 g/mol. The van der Waals surface area contributed by atoms with Crippen LogP contribution in [0.2, 0.25) is 0 Å². The smallest absolute Gasteiger partial charge is 0.306 e. The Morgan fingerprint density at radius 1 is 1.60 bits per heavy atom. The summed E-state index contributed by atoms with van der Waals surface area (Å²) in [5, 5.41) is 13.6. The van der Waals surface area contributed by atoms with Gasteiger partial charge in [0.15, 0.2) is 5.79 Å². The molecule has 20 heavy (non-hydrogen) atoms. The third-order valence-electron chi connectivity index (χ3n) is 2.82. The van der Waals surface area contributed by atoms with Crippen LogP contribution in [-0.2, 0) is 9.47 Å². The third-order valence-corrected chi connectivity index (χ3v) is 3.48. The van der Waals surface area contributed by atoms with Gasteiger partial charge in [-0.3, -0.25) is 10.1 Å². The number of nitrogens with zero attached hydrogens (tertiary/aromatic N) is 1. The van der Waals surface area contributed by atoms with Gasteiger partial charge in [-0.1, -0.05) is 0 Å². The van der Waals surface area contributed by atoms with E-state index in [0.29, 0.717) is 23.3 Å². The predicted octanol–water partition coefficient (Wildman–Crippen LogP) is 3.06. The number of hydrogen-bond acceptors (Lipinski definition) is 5. The number of nitrogens with one attached hydrogen (secondary N) is 1. The summed E-state index contributed by atoms with van der Waals surface area (Å²) in [6.07, 6.45) is -0.157. The Morgan fingerprint density at radius 3 is 2.85 bits per heavy atom. The molecule has 1 unspecified atom stereocenters. The molecule has 0 spiro atoms. The van der Waals surface area contributed by atoms with Gasteiger partial charge >= 0.3 is 5.69 Å². The van der Waals surface area contributed by atoms with Crippen LogP contribution in [0.15, 0.2) is 16.6 Å². The Balaban J connectivity index is 2.04. The van der Waals surface area contributed by atoms with Gasteiger partial charge in [0, 0.05) is 23.2 Å². The van der Waals surface area contributed by atoms with Crippen molar-refractivity contribution < 1.29 is 18.8 Å². The first kappa shape index (κ1) is 15.1. The molecule has 2 rings (SSSR count). The van der Waals surface area contributed by atoms with E-state index in [4.69, 9.17) is 9.47 Å². The Labute approximate surface area is 123 Å². The van der Waals surface area contributed by atoms with Crippen LogP contribution >= 0.6 is 15.9 Å². The van der Waals surface area contributed by atoms with Crippen molar-refractivity contribution in [2.75, 3.05) is 18.5 Å². The van der Waals surface area contributed by atoms with E-state index < -0.39 is 22.2 Å². The number of ether oxygens (including phenoxy) is 2. The normalized spacial score (nSPS) is 20.9. The fourth-order valence-corrected chi connectivity index (χ4v) is 2.37. The minimum Gasteiger partial charge on any atom is -0.381 e. The van der Waals surface area contributed by atoms with E-state index in [9.17, 15) is 14.5 Å². The average Bonchev–Trinajstić information content (AvgIpc) is 2.69.